The number of halogens is 4. The Hall–Kier alpha value is -5.21. The van der Waals surface area contributed by atoms with E-state index in [1.165, 1.54) is 24.3 Å². The van der Waals surface area contributed by atoms with Crippen LogP contribution in [0.4, 0.5) is 17.6 Å². The maximum atomic E-state index is 14.7. The number of amides is 4. The number of hydrogen-bond acceptors (Lipinski definition) is 5. The summed E-state index contributed by atoms with van der Waals surface area (Å²) in [6, 6.07) is 8.51. The van der Waals surface area contributed by atoms with E-state index in [-0.39, 0.29) is 60.4 Å². The Labute approximate surface area is 311 Å². The highest BCUT2D eigenvalue weighted by Gasteiger charge is 2.47. The summed E-state index contributed by atoms with van der Waals surface area (Å²) >= 11 is 0. The number of para-hydroxylation sites is 1. The Morgan fingerprint density at radius 3 is 2.37 bits per heavy atom. The number of fused-ring (bicyclic) bond motifs is 3. The van der Waals surface area contributed by atoms with Gasteiger partial charge in [-0.1, -0.05) is 64.4 Å². The van der Waals surface area contributed by atoms with Crippen molar-refractivity contribution < 1.29 is 36.7 Å². The van der Waals surface area contributed by atoms with E-state index in [1.54, 1.807) is 42.3 Å². The van der Waals surface area contributed by atoms with E-state index < -0.39 is 58.9 Å². The first-order valence-electron chi connectivity index (χ1n) is 18.3. The molecule has 15 heteroatoms. The van der Waals surface area contributed by atoms with Gasteiger partial charge in [-0.2, -0.15) is 13.2 Å². The Morgan fingerprint density at radius 1 is 0.963 bits per heavy atom. The van der Waals surface area contributed by atoms with Crippen molar-refractivity contribution in [3.8, 4) is 0 Å². The Morgan fingerprint density at radius 2 is 1.70 bits per heavy atom. The maximum absolute atomic E-state index is 14.7. The molecule has 4 aromatic rings. The number of nitrogens with zero attached hydrogens (tertiary/aromatic N) is 2. The highest BCUT2D eigenvalue weighted by Crippen LogP contribution is 2.40. The van der Waals surface area contributed by atoms with Crippen molar-refractivity contribution >= 4 is 34.5 Å². The van der Waals surface area contributed by atoms with E-state index in [1.807, 2.05) is 20.8 Å². The average Bonchev–Trinajstić information content (AvgIpc) is 3.80. The van der Waals surface area contributed by atoms with Crippen LogP contribution in [0.3, 0.4) is 0 Å². The van der Waals surface area contributed by atoms with Crippen LogP contribution in [-0.4, -0.2) is 55.9 Å². The molecule has 54 heavy (non-hydrogen) atoms. The van der Waals surface area contributed by atoms with Gasteiger partial charge in [0.25, 0.3) is 0 Å². The fourth-order valence-electron chi connectivity index (χ4n) is 6.85. The highest BCUT2D eigenvalue weighted by molar-refractivity contribution is 5.97. The summed E-state index contributed by atoms with van der Waals surface area (Å²) in [6.07, 6.45) is 0.191. The Bertz CT molecular complexity index is 1960. The minimum atomic E-state index is -4.64. The van der Waals surface area contributed by atoms with E-state index in [4.69, 9.17) is 0 Å². The molecule has 0 aliphatic heterocycles. The van der Waals surface area contributed by atoms with Gasteiger partial charge in [-0.15, -0.1) is 0 Å². The maximum Gasteiger partial charge on any atom is 0.418 e. The lowest BCUT2D eigenvalue weighted by atomic mass is 9.78. The normalized spacial score (nSPS) is 17.9. The van der Waals surface area contributed by atoms with Crippen LogP contribution in [0.1, 0.15) is 75.8 Å². The molecule has 5 rings (SSSR count). The molecule has 0 spiro atoms. The first-order chi connectivity index (χ1) is 25.7. The number of carbonyl (C=O) groups excluding carboxylic acids is 4. The molecule has 0 bridgehead atoms. The van der Waals surface area contributed by atoms with Gasteiger partial charge in [0.1, 0.15) is 23.6 Å². The van der Waals surface area contributed by atoms with Crippen LogP contribution in [0.25, 0.3) is 10.9 Å². The van der Waals surface area contributed by atoms with Gasteiger partial charge in [-0.05, 0) is 54.4 Å². The van der Waals surface area contributed by atoms with Gasteiger partial charge in [-0.25, -0.2) is 9.37 Å². The van der Waals surface area contributed by atoms with Crippen LogP contribution >= 0.6 is 0 Å². The van der Waals surface area contributed by atoms with Gasteiger partial charge in [0.2, 0.25) is 23.6 Å². The van der Waals surface area contributed by atoms with E-state index in [0.29, 0.717) is 30.6 Å². The standard InChI is InChI=1S/C39H47F4N7O4/c1-5-23(3)33(46-32(52)20-25-10-7-8-13-29(25)40)36(53)49-38(16-14-30-27(21-38)26-11-9-12-28(34(26)45-30)39(41,42)43)37(54)48-35(24(4)6-2)47-31(51)15-18-50-19-17-44-22-50/h7-13,17,19,22-24,33,35,45H,5-6,14-16,18,20-21H2,1-4H3,(H,46,52)(H,47,51)(H,48,54)(H,49,53)/t23?,24?,33-,35-,38+/m0/s1. The average molecular weight is 754 g/mol. The number of rotatable bonds is 15. The predicted molar refractivity (Wildman–Crippen MR) is 194 cm³/mol. The molecule has 1 aliphatic carbocycles. The number of benzene rings is 2. The Balaban J connectivity index is 1.47. The van der Waals surface area contributed by atoms with E-state index in [2.05, 4.69) is 31.2 Å². The SMILES string of the molecule is CCC(C)[C@@H](NC(=O)CCn1ccnc1)NC(=O)[C@@]1(NC(=O)[C@@H](NC(=O)Cc2ccccc2F)C(C)CC)CCc2[nH]c3c(C(F)(F)F)cccc3c2C1. The van der Waals surface area contributed by atoms with Crippen molar-refractivity contribution in [3.63, 3.8) is 0 Å². The molecule has 0 radical (unpaired) electrons. The fourth-order valence-corrected chi connectivity index (χ4v) is 6.85. The number of nitrogens with one attached hydrogen (secondary N) is 5. The van der Waals surface area contributed by atoms with Crippen LogP contribution in [0, 0.1) is 17.7 Å². The number of hydrogen-bond donors (Lipinski definition) is 5. The van der Waals surface area contributed by atoms with E-state index in [9.17, 15) is 36.7 Å². The first kappa shape index (κ1) is 40.0. The van der Waals surface area contributed by atoms with Gasteiger partial charge in [0, 0.05) is 42.9 Å². The topological polar surface area (TPSA) is 150 Å². The van der Waals surface area contributed by atoms with Gasteiger partial charge >= 0.3 is 6.18 Å². The molecule has 0 saturated heterocycles. The molecule has 11 nitrogen and oxygen atoms in total. The number of H-pyrrole nitrogens is 1. The molecule has 2 heterocycles. The Kier molecular flexibility index (Phi) is 12.5. The first-order valence-corrected chi connectivity index (χ1v) is 18.3. The van der Waals surface area contributed by atoms with Crippen LogP contribution in [0.5, 0.6) is 0 Å². The van der Waals surface area contributed by atoms with Crippen LogP contribution in [0.15, 0.2) is 61.2 Å². The van der Waals surface area contributed by atoms with Crippen molar-refractivity contribution in [1.82, 2.24) is 35.8 Å². The van der Waals surface area contributed by atoms with Crippen LogP contribution in [-0.2, 0) is 51.2 Å². The van der Waals surface area contributed by atoms with Crippen molar-refractivity contribution in [2.75, 3.05) is 0 Å². The number of imidazole rings is 1. The third-order valence-corrected chi connectivity index (χ3v) is 10.5. The molecular weight excluding hydrogens is 706 g/mol. The van der Waals surface area contributed by atoms with Gasteiger partial charge in [-0.3, -0.25) is 19.2 Å². The summed E-state index contributed by atoms with van der Waals surface area (Å²) < 4.78 is 58.3. The summed E-state index contributed by atoms with van der Waals surface area (Å²) in [4.78, 5) is 62.2. The lowest BCUT2D eigenvalue weighted by molar-refractivity contribution is -0.138. The van der Waals surface area contributed by atoms with Crippen LogP contribution in [0.2, 0.25) is 0 Å². The second kappa shape index (κ2) is 16.9. The smallest absolute Gasteiger partial charge is 0.358 e. The number of aromatic nitrogens is 3. The van der Waals surface area contributed by atoms with Gasteiger partial charge < -0.3 is 30.8 Å². The number of aromatic amines is 1. The zero-order valence-electron chi connectivity index (χ0n) is 30.8. The lowest BCUT2D eigenvalue weighted by Gasteiger charge is -2.40. The zero-order valence-corrected chi connectivity index (χ0v) is 30.8. The molecule has 2 unspecified atom stereocenters. The highest BCUT2D eigenvalue weighted by atomic mass is 19.4. The third-order valence-electron chi connectivity index (χ3n) is 10.5. The number of carbonyl (C=O) groups is 4. The molecule has 0 saturated carbocycles. The monoisotopic (exact) mass is 753 g/mol. The third kappa shape index (κ3) is 9.11. The summed E-state index contributed by atoms with van der Waals surface area (Å²) in [5, 5.41) is 11.8. The second-order valence-corrected chi connectivity index (χ2v) is 14.2. The molecule has 290 valence electrons. The summed E-state index contributed by atoms with van der Waals surface area (Å²) in [6.45, 7) is 7.70. The minimum absolute atomic E-state index is 0.00392. The quantitative estimate of drug-likeness (QED) is 0.0822. The molecular formula is C39H47F4N7O4. The van der Waals surface area contributed by atoms with Crippen molar-refractivity contribution in [2.45, 2.75) is 103 Å². The molecule has 5 atom stereocenters. The molecule has 1 aliphatic rings. The summed E-state index contributed by atoms with van der Waals surface area (Å²) in [5.74, 6) is -3.47. The summed E-state index contributed by atoms with van der Waals surface area (Å²) in [7, 11) is 0. The largest absolute Gasteiger partial charge is 0.418 e. The minimum Gasteiger partial charge on any atom is -0.358 e. The number of aryl methyl sites for hydroxylation is 2. The lowest BCUT2D eigenvalue weighted by Crippen LogP contribution is -2.67. The molecule has 2 aromatic heterocycles. The van der Waals surface area contributed by atoms with Crippen LogP contribution < -0.4 is 21.3 Å². The number of alkyl halides is 3. The van der Waals surface area contributed by atoms with Crippen molar-refractivity contribution in [3.05, 3.63) is 89.4 Å². The molecule has 2 aromatic carbocycles. The van der Waals surface area contributed by atoms with Gasteiger partial charge in [0.05, 0.1) is 23.8 Å². The molecule has 5 N–H and O–H groups in total. The van der Waals surface area contributed by atoms with E-state index >= 15 is 0 Å². The fraction of sp³-hybridized carbons (Fsp3) is 0.462. The van der Waals surface area contributed by atoms with Crippen molar-refractivity contribution in [2.24, 2.45) is 11.8 Å². The van der Waals surface area contributed by atoms with Crippen molar-refractivity contribution in [1.29, 1.82) is 0 Å². The summed E-state index contributed by atoms with van der Waals surface area (Å²) in [5.41, 5.74) is -1.54. The molecule has 0 fully saturated rings. The van der Waals surface area contributed by atoms with Gasteiger partial charge in [0.15, 0.2) is 0 Å². The zero-order chi connectivity index (χ0) is 39.2. The second-order valence-electron chi connectivity index (χ2n) is 14.2. The van der Waals surface area contributed by atoms with E-state index in [0.717, 1.165) is 6.07 Å². The predicted octanol–water partition coefficient (Wildman–Crippen LogP) is 5.33. The molecule has 4 amide bonds.